The van der Waals surface area contributed by atoms with E-state index < -0.39 is 5.97 Å². The molecule has 0 aliphatic carbocycles. The number of nitrogens with zero attached hydrogens (tertiary/aromatic N) is 1. The van der Waals surface area contributed by atoms with Crippen LogP contribution in [0.2, 0.25) is 0 Å². The molecule has 1 heterocycles. The van der Waals surface area contributed by atoms with Gasteiger partial charge in [-0.05, 0) is 29.3 Å². The van der Waals surface area contributed by atoms with Gasteiger partial charge in [0.25, 0.3) is 0 Å². The summed E-state index contributed by atoms with van der Waals surface area (Å²) in [6.45, 7) is 1.88. The maximum Gasteiger partial charge on any atom is 0.335 e. The summed E-state index contributed by atoms with van der Waals surface area (Å²) in [6, 6.07) is 16.5. The molecule has 0 fully saturated rings. The number of hydrogen-bond donors (Lipinski definition) is 2. The Kier molecular flexibility index (Phi) is 8.47. The summed E-state index contributed by atoms with van der Waals surface area (Å²) in [5.41, 5.74) is 2.14. The largest absolute Gasteiger partial charge is 0.478 e. The fourth-order valence-electron chi connectivity index (χ4n) is 2.24. The van der Waals surface area contributed by atoms with Crippen LogP contribution in [0.15, 0.2) is 60.8 Å². The van der Waals surface area contributed by atoms with Crippen LogP contribution < -0.4 is 5.32 Å². The van der Waals surface area contributed by atoms with Crippen LogP contribution in [0.1, 0.15) is 43.1 Å². The molecule has 0 unspecified atom stereocenters. The van der Waals surface area contributed by atoms with Crippen molar-refractivity contribution in [3.8, 4) is 0 Å². The van der Waals surface area contributed by atoms with Crippen molar-refractivity contribution in [2.24, 2.45) is 0 Å². The first-order chi connectivity index (χ1) is 14.0. The number of carboxylic acid groups (broad SMARTS) is 1. The number of carbonyl (C=O) groups is 3. The smallest absolute Gasteiger partial charge is 0.335 e. The van der Waals surface area contributed by atoms with E-state index in [1.165, 1.54) is 30.4 Å². The van der Waals surface area contributed by atoms with E-state index in [9.17, 15) is 14.4 Å². The van der Waals surface area contributed by atoms with Crippen molar-refractivity contribution < 1.29 is 19.5 Å². The highest BCUT2D eigenvalue weighted by atomic mass is 32.1. The van der Waals surface area contributed by atoms with Crippen molar-refractivity contribution in [1.29, 1.82) is 0 Å². The molecule has 6 nitrogen and oxygen atoms in total. The number of nitrogens with one attached hydrogen (secondary N) is 1. The number of benzene rings is 2. The Labute approximate surface area is 172 Å². The lowest BCUT2D eigenvalue weighted by atomic mass is 10.1. The van der Waals surface area contributed by atoms with Gasteiger partial charge in [-0.3, -0.25) is 9.59 Å². The van der Waals surface area contributed by atoms with Gasteiger partial charge in [0.2, 0.25) is 6.41 Å². The van der Waals surface area contributed by atoms with Gasteiger partial charge in [-0.1, -0.05) is 48.5 Å². The SMILES string of the molecule is CC(=O)c1ncc(/C=C/c2ccccc2)s1.O=CNCc1cccc(C(=O)O)c1. The van der Waals surface area contributed by atoms with Crippen molar-refractivity contribution >= 4 is 41.7 Å². The predicted octanol–water partition coefficient (Wildman–Crippen LogP) is 4.15. The first-order valence-corrected chi connectivity index (χ1v) is 9.50. The molecule has 29 heavy (non-hydrogen) atoms. The average Bonchev–Trinajstić information content (AvgIpc) is 3.22. The quantitative estimate of drug-likeness (QED) is 0.452. The highest BCUT2D eigenvalue weighted by Crippen LogP contribution is 2.16. The Hall–Kier alpha value is -3.58. The van der Waals surface area contributed by atoms with Gasteiger partial charge in [-0.2, -0.15) is 0 Å². The molecule has 0 aliphatic rings. The summed E-state index contributed by atoms with van der Waals surface area (Å²) in [5.74, 6) is -0.947. The standard InChI is InChI=1S/C13H11NOS.C9H9NO3/c1-10(15)13-14-9-12(16-13)8-7-11-5-3-2-4-6-11;11-6-10-5-7-2-1-3-8(4-7)9(12)13/h2-9H,1H3;1-4,6H,5H2,(H,10,11)(H,12,13)/b8-7+;. The van der Waals surface area contributed by atoms with Crippen molar-refractivity contribution in [2.45, 2.75) is 13.5 Å². The number of aromatic carboxylic acids is 1. The highest BCUT2D eigenvalue weighted by molar-refractivity contribution is 7.14. The zero-order valence-electron chi connectivity index (χ0n) is 15.7. The number of hydrogen-bond acceptors (Lipinski definition) is 5. The van der Waals surface area contributed by atoms with Gasteiger partial charge < -0.3 is 10.4 Å². The Morgan fingerprint density at radius 3 is 2.48 bits per heavy atom. The summed E-state index contributed by atoms with van der Waals surface area (Å²) in [7, 11) is 0. The van der Waals surface area contributed by atoms with Crippen molar-refractivity contribution in [3.63, 3.8) is 0 Å². The third-order valence-electron chi connectivity index (χ3n) is 3.63. The maximum atomic E-state index is 11.1. The van der Waals surface area contributed by atoms with Gasteiger partial charge in [0.05, 0.1) is 5.56 Å². The van der Waals surface area contributed by atoms with E-state index >= 15 is 0 Å². The van der Waals surface area contributed by atoms with Gasteiger partial charge in [0.15, 0.2) is 10.8 Å². The van der Waals surface area contributed by atoms with Crippen molar-refractivity contribution in [3.05, 3.63) is 87.4 Å². The van der Waals surface area contributed by atoms with E-state index in [4.69, 9.17) is 5.11 Å². The molecule has 148 valence electrons. The summed E-state index contributed by atoms with van der Waals surface area (Å²) >= 11 is 1.41. The minimum Gasteiger partial charge on any atom is -0.478 e. The number of aromatic nitrogens is 1. The molecule has 0 saturated heterocycles. The number of thiazole rings is 1. The van der Waals surface area contributed by atoms with Crippen LogP contribution in [0.4, 0.5) is 0 Å². The monoisotopic (exact) mass is 408 g/mol. The first-order valence-electron chi connectivity index (χ1n) is 8.68. The fraction of sp³-hybridized carbons (Fsp3) is 0.0909. The number of amides is 1. The Balaban J connectivity index is 0.000000212. The van der Waals surface area contributed by atoms with E-state index in [0.29, 0.717) is 18.0 Å². The lowest BCUT2D eigenvalue weighted by molar-refractivity contribution is -0.109. The summed E-state index contributed by atoms with van der Waals surface area (Å²) in [6.07, 6.45) is 6.28. The van der Waals surface area contributed by atoms with Gasteiger partial charge in [0, 0.05) is 24.5 Å². The van der Waals surface area contributed by atoms with Crippen LogP contribution in [0.3, 0.4) is 0 Å². The third kappa shape index (κ3) is 7.51. The van der Waals surface area contributed by atoms with E-state index in [0.717, 1.165) is 16.0 Å². The molecule has 0 bridgehead atoms. The second-order valence-corrected chi connectivity index (χ2v) is 6.93. The molecule has 2 N–H and O–H groups in total. The van der Waals surface area contributed by atoms with Crippen LogP contribution in [-0.4, -0.2) is 28.3 Å². The van der Waals surface area contributed by atoms with Crippen molar-refractivity contribution in [1.82, 2.24) is 10.3 Å². The topological polar surface area (TPSA) is 96.4 Å². The molecule has 2 aromatic carbocycles. The molecular formula is C22H20N2O4S. The summed E-state index contributed by atoms with van der Waals surface area (Å²) in [4.78, 5) is 36.6. The first kappa shape index (κ1) is 21.7. The van der Waals surface area contributed by atoms with Gasteiger partial charge in [-0.15, -0.1) is 11.3 Å². The van der Waals surface area contributed by atoms with Gasteiger partial charge in [0.1, 0.15) is 0 Å². The van der Waals surface area contributed by atoms with Crippen LogP contribution in [0.25, 0.3) is 12.2 Å². The minimum atomic E-state index is -0.965. The molecule has 0 aliphatic heterocycles. The molecule has 0 radical (unpaired) electrons. The molecule has 1 amide bonds. The van der Waals surface area contributed by atoms with Crippen LogP contribution >= 0.6 is 11.3 Å². The van der Waals surface area contributed by atoms with Gasteiger partial charge in [-0.25, -0.2) is 9.78 Å². The second kappa shape index (κ2) is 11.3. The highest BCUT2D eigenvalue weighted by Gasteiger charge is 2.03. The Morgan fingerprint density at radius 1 is 1.10 bits per heavy atom. The van der Waals surface area contributed by atoms with Crippen LogP contribution in [0, 0.1) is 0 Å². The average molecular weight is 408 g/mol. The zero-order valence-corrected chi connectivity index (χ0v) is 16.6. The molecule has 0 saturated carbocycles. The summed E-state index contributed by atoms with van der Waals surface area (Å²) < 4.78 is 0. The molecular weight excluding hydrogens is 388 g/mol. The molecule has 3 aromatic rings. The maximum absolute atomic E-state index is 11.1. The number of carboxylic acids is 1. The Morgan fingerprint density at radius 2 is 1.86 bits per heavy atom. The lowest BCUT2D eigenvalue weighted by Crippen LogP contribution is -2.10. The number of rotatable bonds is 7. The number of Topliss-reactive ketones (excluding diaryl/α,β-unsaturated/α-hetero) is 1. The normalized spacial score (nSPS) is 10.1. The van der Waals surface area contributed by atoms with Crippen molar-refractivity contribution in [2.75, 3.05) is 0 Å². The van der Waals surface area contributed by atoms with E-state index in [1.54, 1.807) is 18.3 Å². The van der Waals surface area contributed by atoms with Gasteiger partial charge >= 0.3 is 5.97 Å². The number of carbonyl (C=O) groups excluding carboxylic acids is 2. The van der Waals surface area contributed by atoms with E-state index in [2.05, 4.69) is 10.3 Å². The second-order valence-electron chi connectivity index (χ2n) is 5.87. The minimum absolute atomic E-state index is 0.0179. The lowest BCUT2D eigenvalue weighted by Gasteiger charge is -2.00. The molecule has 7 heteroatoms. The number of ketones is 1. The molecule has 3 rings (SSSR count). The molecule has 0 spiro atoms. The zero-order chi connectivity index (χ0) is 21.1. The van der Waals surface area contributed by atoms with Crippen LogP contribution in [-0.2, 0) is 11.3 Å². The summed E-state index contributed by atoms with van der Waals surface area (Å²) in [5, 5.41) is 11.7. The molecule has 0 atom stereocenters. The Bertz CT molecular complexity index is 997. The third-order valence-corrected chi connectivity index (χ3v) is 4.69. The van der Waals surface area contributed by atoms with E-state index in [-0.39, 0.29) is 11.3 Å². The van der Waals surface area contributed by atoms with Crippen LogP contribution in [0.5, 0.6) is 0 Å². The van der Waals surface area contributed by atoms with E-state index in [1.807, 2.05) is 42.5 Å². The molecule has 1 aromatic heterocycles. The predicted molar refractivity (Wildman–Crippen MR) is 114 cm³/mol. The fourth-order valence-corrected chi connectivity index (χ4v) is 2.96.